The summed E-state index contributed by atoms with van der Waals surface area (Å²) < 4.78 is 30.6. The Morgan fingerprint density at radius 3 is 2.44 bits per heavy atom. The second-order valence-corrected chi connectivity index (χ2v) is 6.76. The van der Waals surface area contributed by atoms with Crippen LogP contribution in [0.4, 0.5) is 8.78 Å². The summed E-state index contributed by atoms with van der Waals surface area (Å²) in [6.45, 7) is 3.03. The van der Waals surface area contributed by atoms with Gasteiger partial charge in [0.25, 0.3) is 0 Å². The molecule has 1 aromatic carbocycles. The second-order valence-electron chi connectivity index (χ2n) is 6.76. The molecule has 0 aliphatic rings. The Kier molecular flexibility index (Phi) is 3.96. The number of fused-ring (bicyclic) bond motifs is 1. The van der Waals surface area contributed by atoms with Gasteiger partial charge in [0.15, 0.2) is 11.5 Å². The van der Waals surface area contributed by atoms with E-state index in [-0.39, 0.29) is 11.2 Å². The lowest BCUT2D eigenvalue weighted by molar-refractivity contribution is 0.0746. The first-order valence-electron chi connectivity index (χ1n) is 8.30. The van der Waals surface area contributed by atoms with Crippen molar-refractivity contribution in [2.45, 2.75) is 19.4 Å². The molecule has 4 rings (SSSR count). The first-order valence-corrected chi connectivity index (χ1v) is 8.30. The van der Waals surface area contributed by atoms with Gasteiger partial charge in [0, 0.05) is 40.8 Å². The Morgan fingerprint density at radius 2 is 1.74 bits per heavy atom. The SMILES string of the molecule is CC(C)(O)c1ccn2c(-c3ccc(F)c(-c4cncnc4)c3)cnc2c1F. The molecule has 1 N–H and O–H groups in total. The maximum absolute atomic E-state index is 14.8. The van der Waals surface area contributed by atoms with E-state index in [1.165, 1.54) is 50.9 Å². The number of benzene rings is 1. The quantitative estimate of drug-likeness (QED) is 0.596. The minimum Gasteiger partial charge on any atom is -0.386 e. The Labute approximate surface area is 154 Å². The third-order valence-corrected chi connectivity index (χ3v) is 4.41. The molecule has 0 aliphatic heterocycles. The van der Waals surface area contributed by atoms with E-state index in [0.29, 0.717) is 22.4 Å². The van der Waals surface area contributed by atoms with E-state index >= 15 is 0 Å². The van der Waals surface area contributed by atoms with Crippen LogP contribution in [0, 0.1) is 11.6 Å². The van der Waals surface area contributed by atoms with Gasteiger partial charge < -0.3 is 5.11 Å². The zero-order valence-electron chi connectivity index (χ0n) is 14.7. The number of hydrogen-bond donors (Lipinski definition) is 1. The lowest BCUT2D eigenvalue weighted by atomic mass is 9.99. The Hall–Kier alpha value is -3.19. The maximum atomic E-state index is 14.8. The highest BCUT2D eigenvalue weighted by Crippen LogP contribution is 2.31. The van der Waals surface area contributed by atoms with Gasteiger partial charge in [-0.05, 0) is 38.1 Å². The van der Waals surface area contributed by atoms with E-state index in [0.717, 1.165) is 0 Å². The monoisotopic (exact) mass is 366 g/mol. The molecule has 3 heterocycles. The van der Waals surface area contributed by atoms with Crippen molar-refractivity contribution in [2.24, 2.45) is 0 Å². The number of halogens is 2. The molecule has 4 aromatic rings. The molecule has 0 unspecified atom stereocenters. The molecule has 3 aromatic heterocycles. The lowest BCUT2D eigenvalue weighted by Gasteiger charge is -2.18. The fourth-order valence-corrected chi connectivity index (χ4v) is 3.05. The minimum atomic E-state index is -1.33. The molecule has 0 aliphatic carbocycles. The highest BCUT2D eigenvalue weighted by Gasteiger charge is 2.24. The predicted molar refractivity (Wildman–Crippen MR) is 96.8 cm³/mol. The van der Waals surface area contributed by atoms with Crippen LogP contribution in [-0.4, -0.2) is 24.5 Å². The third-order valence-electron chi connectivity index (χ3n) is 4.41. The molecule has 0 amide bonds. The van der Waals surface area contributed by atoms with Crippen molar-refractivity contribution in [3.63, 3.8) is 0 Å². The number of nitrogens with zero attached hydrogens (tertiary/aromatic N) is 4. The largest absolute Gasteiger partial charge is 0.386 e. The van der Waals surface area contributed by atoms with Crippen molar-refractivity contribution in [3.8, 4) is 22.4 Å². The molecular formula is C20H16F2N4O. The molecular weight excluding hydrogens is 350 g/mol. The smallest absolute Gasteiger partial charge is 0.174 e. The maximum Gasteiger partial charge on any atom is 0.174 e. The van der Waals surface area contributed by atoms with Gasteiger partial charge in [-0.15, -0.1) is 0 Å². The summed E-state index contributed by atoms with van der Waals surface area (Å²) >= 11 is 0. The molecule has 5 nitrogen and oxygen atoms in total. The summed E-state index contributed by atoms with van der Waals surface area (Å²) in [6, 6.07) is 6.12. The Morgan fingerprint density at radius 1 is 1.00 bits per heavy atom. The van der Waals surface area contributed by atoms with Gasteiger partial charge in [0.05, 0.1) is 17.5 Å². The Balaban J connectivity index is 1.88. The van der Waals surface area contributed by atoms with E-state index in [2.05, 4.69) is 15.0 Å². The van der Waals surface area contributed by atoms with Crippen LogP contribution in [0.1, 0.15) is 19.4 Å². The van der Waals surface area contributed by atoms with Crippen LogP contribution in [0.3, 0.4) is 0 Å². The van der Waals surface area contributed by atoms with E-state index in [9.17, 15) is 13.9 Å². The van der Waals surface area contributed by atoms with E-state index in [4.69, 9.17) is 0 Å². The van der Waals surface area contributed by atoms with Crippen LogP contribution in [0.25, 0.3) is 28.0 Å². The number of aliphatic hydroxyl groups is 1. The average molecular weight is 366 g/mol. The molecule has 0 fully saturated rings. The van der Waals surface area contributed by atoms with Gasteiger partial charge in [0.2, 0.25) is 0 Å². The van der Waals surface area contributed by atoms with Gasteiger partial charge in [-0.2, -0.15) is 0 Å². The predicted octanol–water partition coefficient (Wildman–Crippen LogP) is 3.96. The van der Waals surface area contributed by atoms with Gasteiger partial charge >= 0.3 is 0 Å². The highest BCUT2D eigenvalue weighted by molar-refractivity contribution is 5.72. The zero-order chi connectivity index (χ0) is 19.2. The number of imidazole rings is 1. The molecule has 136 valence electrons. The molecule has 7 heteroatoms. The summed E-state index contributed by atoms with van der Waals surface area (Å²) in [7, 11) is 0. The fourth-order valence-electron chi connectivity index (χ4n) is 3.05. The highest BCUT2D eigenvalue weighted by atomic mass is 19.1. The summed E-state index contributed by atoms with van der Waals surface area (Å²) in [5, 5.41) is 10.1. The average Bonchev–Trinajstić information content (AvgIpc) is 3.07. The minimum absolute atomic E-state index is 0.0959. The van der Waals surface area contributed by atoms with Crippen LogP contribution >= 0.6 is 0 Å². The van der Waals surface area contributed by atoms with E-state index in [1.807, 2.05) is 0 Å². The molecule has 27 heavy (non-hydrogen) atoms. The van der Waals surface area contributed by atoms with Crippen molar-refractivity contribution < 1.29 is 13.9 Å². The number of aromatic nitrogens is 4. The van der Waals surface area contributed by atoms with Crippen molar-refractivity contribution in [1.29, 1.82) is 0 Å². The van der Waals surface area contributed by atoms with Gasteiger partial charge in [-0.25, -0.2) is 23.7 Å². The third kappa shape index (κ3) is 2.96. The van der Waals surface area contributed by atoms with Crippen LogP contribution in [0.5, 0.6) is 0 Å². The summed E-state index contributed by atoms with van der Waals surface area (Å²) in [5.41, 5.74) is 1.08. The molecule has 0 spiro atoms. The van der Waals surface area contributed by atoms with Crippen LogP contribution < -0.4 is 0 Å². The number of hydrogen-bond acceptors (Lipinski definition) is 4. The molecule has 0 radical (unpaired) electrons. The Bertz CT molecular complexity index is 1130. The van der Waals surface area contributed by atoms with Crippen molar-refractivity contribution in [2.75, 3.05) is 0 Å². The molecule has 0 atom stereocenters. The van der Waals surface area contributed by atoms with E-state index < -0.39 is 17.2 Å². The lowest BCUT2D eigenvalue weighted by Crippen LogP contribution is -2.18. The summed E-state index contributed by atoms with van der Waals surface area (Å²) in [5.74, 6) is -0.993. The topological polar surface area (TPSA) is 63.3 Å². The summed E-state index contributed by atoms with van der Waals surface area (Å²) in [6.07, 6.45) is 7.59. The van der Waals surface area contributed by atoms with Crippen LogP contribution in [0.2, 0.25) is 0 Å². The van der Waals surface area contributed by atoms with Crippen molar-refractivity contribution in [3.05, 3.63) is 72.6 Å². The second kappa shape index (κ2) is 6.21. The van der Waals surface area contributed by atoms with Crippen LogP contribution in [0.15, 0.2) is 55.4 Å². The van der Waals surface area contributed by atoms with Gasteiger partial charge in [-0.1, -0.05) is 0 Å². The van der Waals surface area contributed by atoms with Crippen LogP contribution in [-0.2, 0) is 5.60 Å². The van der Waals surface area contributed by atoms with E-state index in [1.54, 1.807) is 22.7 Å². The van der Waals surface area contributed by atoms with Gasteiger partial charge in [0.1, 0.15) is 12.1 Å². The first kappa shape index (κ1) is 17.2. The molecule has 0 bridgehead atoms. The fraction of sp³-hybridized carbons (Fsp3) is 0.150. The van der Waals surface area contributed by atoms with Gasteiger partial charge in [-0.3, -0.25) is 4.40 Å². The molecule has 0 saturated carbocycles. The van der Waals surface area contributed by atoms with Crippen molar-refractivity contribution in [1.82, 2.24) is 19.4 Å². The number of rotatable bonds is 3. The summed E-state index contributed by atoms with van der Waals surface area (Å²) in [4.78, 5) is 12.0. The normalized spacial score (nSPS) is 11.9. The number of pyridine rings is 1. The first-order chi connectivity index (χ1) is 12.9. The molecule has 0 saturated heterocycles. The zero-order valence-corrected chi connectivity index (χ0v) is 14.7. The standard InChI is InChI=1S/C20H16F2N4O/c1-20(2,27)15-5-6-26-17(10-25-19(26)18(15)22)12-3-4-16(21)14(7-12)13-8-23-11-24-9-13/h3-11,27H,1-2H3. The van der Waals surface area contributed by atoms with Crippen molar-refractivity contribution >= 4 is 5.65 Å².